The van der Waals surface area contributed by atoms with Crippen LogP contribution in [0, 0.1) is 5.92 Å². The van der Waals surface area contributed by atoms with Crippen molar-refractivity contribution in [2.24, 2.45) is 5.92 Å². The Morgan fingerprint density at radius 1 is 1.25 bits per heavy atom. The van der Waals surface area contributed by atoms with Crippen molar-refractivity contribution in [1.29, 1.82) is 0 Å². The van der Waals surface area contributed by atoms with Crippen LogP contribution in [0.3, 0.4) is 0 Å². The molecule has 2 saturated heterocycles. The van der Waals surface area contributed by atoms with Gasteiger partial charge >= 0.3 is 0 Å². The zero-order valence-electron chi connectivity index (χ0n) is 13.8. The summed E-state index contributed by atoms with van der Waals surface area (Å²) in [7, 11) is 0. The second-order valence-corrected chi connectivity index (χ2v) is 7.15. The van der Waals surface area contributed by atoms with E-state index in [0.717, 1.165) is 42.6 Å². The first kappa shape index (κ1) is 17.7. The SMILES string of the molecule is O=C(CCCOc1cccc(Br)c1)N1CCC(C2OCCO2)CC1. The molecule has 1 amide bonds. The lowest BCUT2D eigenvalue weighted by Gasteiger charge is -2.33. The van der Waals surface area contributed by atoms with E-state index >= 15 is 0 Å². The molecule has 1 aromatic carbocycles. The molecule has 0 bridgehead atoms. The van der Waals surface area contributed by atoms with Gasteiger partial charge in [0.2, 0.25) is 5.91 Å². The van der Waals surface area contributed by atoms with Crippen molar-refractivity contribution in [2.75, 3.05) is 32.9 Å². The molecule has 0 saturated carbocycles. The maximum atomic E-state index is 12.3. The Kier molecular flexibility index (Phi) is 6.51. The van der Waals surface area contributed by atoms with Gasteiger partial charge in [0, 0.05) is 29.9 Å². The highest BCUT2D eigenvalue weighted by Gasteiger charge is 2.31. The second kappa shape index (κ2) is 8.83. The number of nitrogens with zero attached hydrogens (tertiary/aromatic N) is 1. The fourth-order valence-corrected chi connectivity index (χ4v) is 3.58. The number of hydrogen-bond acceptors (Lipinski definition) is 4. The average Bonchev–Trinajstić information content (AvgIpc) is 3.13. The van der Waals surface area contributed by atoms with Crippen LogP contribution in [0.2, 0.25) is 0 Å². The monoisotopic (exact) mass is 397 g/mol. The molecule has 0 radical (unpaired) electrons. The standard InChI is InChI=1S/C18H24BrNO4/c19-15-3-1-4-16(13-15)22-10-2-5-17(21)20-8-6-14(7-9-20)18-23-11-12-24-18/h1,3-4,13-14,18H,2,5-12H2. The van der Waals surface area contributed by atoms with E-state index in [4.69, 9.17) is 14.2 Å². The number of benzene rings is 1. The largest absolute Gasteiger partial charge is 0.494 e. The van der Waals surface area contributed by atoms with E-state index in [1.54, 1.807) is 0 Å². The highest BCUT2D eigenvalue weighted by molar-refractivity contribution is 9.10. The lowest BCUT2D eigenvalue weighted by molar-refractivity contribution is -0.137. The Labute approximate surface area is 151 Å². The van der Waals surface area contributed by atoms with Gasteiger partial charge in [-0.15, -0.1) is 0 Å². The molecule has 24 heavy (non-hydrogen) atoms. The number of rotatable bonds is 6. The molecule has 0 atom stereocenters. The fraction of sp³-hybridized carbons (Fsp3) is 0.611. The first-order chi connectivity index (χ1) is 11.7. The van der Waals surface area contributed by atoms with E-state index in [2.05, 4.69) is 15.9 Å². The molecule has 1 aromatic rings. The van der Waals surface area contributed by atoms with Gasteiger partial charge in [0.15, 0.2) is 6.29 Å². The summed E-state index contributed by atoms with van der Waals surface area (Å²) in [6, 6.07) is 7.75. The Morgan fingerprint density at radius 3 is 2.71 bits per heavy atom. The molecule has 132 valence electrons. The van der Waals surface area contributed by atoms with E-state index in [1.165, 1.54) is 0 Å². The molecule has 0 spiro atoms. The van der Waals surface area contributed by atoms with E-state index < -0.39 is 0 Å². The summed E-state index contributed by atoms with van der Waals surface area (Å²) >= 11 is 3.42. The van der Waals surface area contributed by atoms with Gasteiger partial charge in [-0.1, -0.05) is 22.0 Å². The number of halogens is 1. The minimum Gasteiger partial charge on any atom is -0.494 e. The van der Waals surface area contributed by atoms with E-state index in [0.29, 0.717) is 32.2 Å². The first-order valence-electron chi connectivity index (χ1n) is 8.62. The number of carbonyl (C=O) groups excluding carboxylic acids is 1. The number of amides is 1. The molecule has 0 N–H and O–H groups in total. The van der Waals surface area contributed by atoms with Crippen LogP contribution in [-0.4, -0.2) is 50.0 Å². The molecule has 2 fully saturated rings. The lowest BCUT2D eigenvalue weighted by Crippen LogP contribution is -2.41. The predicted molar refractivity (Wildman–Crippen MR) is 93.9 cm³/mol. The highest BCUT2D eigenvalue weighted by Crippen LogP contribution is 2.26. The summed E-state index contributed by atoms with van der Waals surface area (Å²) in [5, 5.41) is 0. The van der Waals surface area contributed by atoms with Gasteiger partial charge < -0.3 is 19.1 Å². The van der Waals surface area contributed by atoms with Crippen molar-refractivity contribution < 1.29 is 19.0 Å². The van der Waals surface area contributed by atoms with Gasteiger partial charge in [0.25, 0.3) is 0 Å². The fourth-order valence-electron chi connectivity index (χ4n) is 3.20. The normalized spacial score (nSPS) is 19.6. The van der Waals surface area contributed by atoms with Gasteiger partial charge in [-0.3, -0.25) is 4.79 Å². The van der Waals surface area contributed by atoms with Gasteiger partial charge in [0.05, 0.1) is 19.8 Å². The van der Waals surface area contributed by atoms with Crippen LogP contribution in [0.15, 0.2) is 28.7 Å². The van der Waals surface area contributed by atoms with E-state index in [9.17, 15) is 4.79 Å². The van der Waals surface area contributed by atoms with Crippen LogP contribution in [-0.2, 0) is 14.3 Å². The van der Waals surface area contributed by atoms with Crippen molar-refractivity contribution in [1.82, 2.24) is 4.90 Å². The van der Waals surface area contributed by atoms with Crippen molar-refractivity contribution in [3.8, 4) is 5.75 Å². The van der Waals surface area contributed by atoms with Crippen molar-refractivity contribution in [2.45, 2.75) is 32.0 Å². The molecule has 0 unspecified atom stereocenters. The van der Waals surface area contributed by atoms with Crippen LogP contribution in [0.25, 0.3) is 0 Å². The Balaban J connectivity index is 1.32. The third-order valence-electron chi connectivity index (χ3n) is 4.52. The molecule has 2 aliphatic heterocycles. The molecule has 0 aliphatic carbocycles. The number of hydrogen-bond donors (Lipinski definition) is 0. The molecular formula is C18H24BrNO4. The Bertz CT molecular complexity index is 540. The lowest BCUT2D eigenvalue weighted by atomic mass is 9.96. The summed E-state index contributed by atoms with van der Waals surface area (Å²) < 4.78 is 17.8. The van der Waals surface area contributed by atoms with Crippen LogP contribution in [0.1, 0.15) is 25.7 Å². The molecule has 2 aliphatic rings. The Morgan fingerprint density at radius 2 is 2.00 bits per heavy atom. The summed E-state index contributed by atoms with van der Waals surface area (Å²) in [5.41, 5.74) is 0. The zero-order chi connectivity index (χ0) is 16.8. The maximum absolute atomic E-state index is 12.3. The smallest absolute Gasteiger partial charge is 0.222 e. The number of likely N-dealkylation sites (tertiary alicyclic amines) is 1. The minimum absolute atomic E-state index is 0.0548. The van der Waals surface area contributed by atoms with Gasteiger partial charge in [-0.2, -0.15) is 0 Å². The van der Waals surface area contributed by atoms with Gasteiger partial charge in [0.1, 0.15) is 5.75 Å². The quantitative estimate of drug-likeness (QED) is 0.691. The third-order valence-corrected chi connectivity index (χ3v) is 5.02. The minimum atomic E-state index is -0.0548. The van der Waals surface area contributed by atoms with Gasteiger partial charge in [-0.05, 0) is 37.5 Å². The van der Waals surface area contributed by atoms with E-state index in [1.807, 2.05) is 29.2 Å². The predicted octanol–water partition coefficient (Wildman–Crippen LogP) is 3.22. The zero-order valence-corrected chi connectivity index (χ0v) is 15.4. The van der Waals surface area contributed by atoms with Crippen LogP contribution < -0.4 is 4.74 Å². The second-order valence-electron chi connectivity index (χ2n) is 6.24. The van der Waals surface area contributed by atoms with Crippen molar-refractivity contribution in [3.05, 3.63) is 28.7 Å². The molecule has 0 aromatic heterocycles. The van der Waals surface area contributed by atoms with E-state index in [-0.39, 0.29) is 12.2 Å². The summed E-state index contributed by atoms with van der Waals surface area (Å²) in [6.07, 6.45) is 3.14. The van der Waals surface area contributed by atoms with Gasteiger partial charge in [-0.25, -0.2) is 0 Å². The van der Waals surface area contributed by atoms with Crippen LogP contribution >= 0.6 is 15.9 Å². The number of ether oxygens (including phenoxy) is 3. The molecule has 3 rings (SSSR count). The molecular weight excluding hydrogens is 374 g/mol. The summed E-state index contributed by atoms with van der Waals surface area (Å²) in [6.45, 7) is 3.56. The van der Waals surface area contributed by atoms with Crippen molar-refractivity contribution in [3.63, 3.8) is 0 Å². The first-order valence-corrected chi connectivity index (χ1v) is 9.41. The molecule has 5 nitrogen and oxygen atoms in total. The summed E-state index contributed by atoms with van der Waals surface area (Å²) in [5.74, 6) is 1.48. The van der Waals surface area contributed by atoms with Crippen LogP contribution in [0.5, 0.6) is 5.75 Å². The Hall–Kier alpha value is -1.11. The number of piperidine rings is 1. The topological polar surface area (TPSA) is 48.0 Å². The summed E-state index contributed by atoms with van der Waals surface area (Å²) in [4.78, 5) is 14.3. The average molecular weight is 398 g/mol. The highest BCUT2D eigenvalue weighted by atomic mass is 79.9. The van der Waals surface area contributed by atoms with Crippen LogP contribution in [0.4, 0.5) is 0 Å². The molecule has 6 heteroatoms. The number of carbonyl (C=O) groups is 1. The molecule has 2 heterocycles. The third kappa shape index (κ3) is 4.94. The van der Waals surface area contributed by atoms with Crippen molar-refractivity contribution >= 4 is 21.8 Å². The maximum Gasteiger partial charge on any atom is 0.222 e.